The summed E-state index contributed by atoms with van der Waals surface area (Å²) in [4.78, 5) is 24.6. The van der Waals surface area contributed by atoms with E-state index in [9.17, 15) is 28.2 Å². The maximum atomic E-state index is 12.7. The third-order valence-electron chi connectivity index (χ3n) is 5.80. The molecule has 3 atom stereocenters. The SMILES string of the molecule is CC[C@@]1(C(=O)O)C[C@H](OS(=O)(=O)c2ccc(C)cc2)C[N+]1(C(=O)O)C(C)(C)C. The average molecular weight is 415 g/mol. The molecule has 1 heterocycles. The van der Waals surface area contributed by atoms with Gasteiger partial charge in [-0.2, -0.15) is 13.2 Å². The molecular formula is C19H28NO7S+. The fraction of sp³-hybridized carbons (Fsp3) is 0.579. The lowest BCUT2D eigenvalue weighted by molar-refractivity contribution is -0.931. The minimum atomic E-state index is -4.16. The van der Waals surface area contributed by atoms with Crippen LogP contribution in [0, 0.1) is 6.92 Å². The van der Waals surface area contributed by atoms with Crippen LogP contribution in [0.4, 0.5) is 4.79 Å². The highest BCUT2D eigenvalue weighted by atomic mass is 32.2. The number of nitrogens with zero attached hydrogens (tertiary/aromatic N) is 1. The molecule has 0 aliphatic carbocycles. The van der Waals surface area contributed by atoms with Crippen molar-refractivity contribution in [2.45, 2.75) is 69.5 Å². The van der Waals surface area contributed by atoms with Crippen LogP contribution in [0.15, 0.2) is 29.2 Å². The Morgan fingerprint density at radius 1 is 1.21 bits per heavy atom. The van der Waals surface area contributed by atoms with Crippen molar-refractivity contribution in [2.24, 2.45) is 0 Å². The highest BCUT2D eigenvalue weighted by molar-refractivity contribution is 7.86. The van der Waals surface area contributed by atoms with E-state index < -0.39 is 43.8 Å². The van der Waals surface area contributed by atoms with Gasteiger partial charge in [0.1, 0.15) is 18.2 Å². The van der Waals surface area contributed by atoms with Crippen LogP contribution in [0.1, 0.15) is 46.1 Å². The minimum absolute atomic E-state index is 0.0241. The summed E-state index contributed by atoms with van der Waals surface area (Å²) in [6.45, 7) is 8.09. The van der Waals surface area contributed by atoms with Crippen molar-refractivity contribution in [2.75, 3.05) is 6.54 Å². The first kappa shape index (κ1) is 22.3. The summed E-state index contributed by atoms with van der Waals surface area (Å²) in [7, 11) is -4.16. The molecule has 8 nitrogen and oxygen atoms in total. The molecule has 2 N–H and O–H groups in total. The maximum Gasteiger partial charge on any atom is 0.514 e. The van der Waals surface area contributed by atoms with E-state index in [4.69, 9.17) is 4.18 Å². The van der Waals surface area contributed by atoms with E-state index >= 15 is 0 Å². The Morgan fingerprint density at radius 3 is 2.11 bits per heavy atom. The molecule has 1 unspecified atom stereocenters. The average Bonchev–Trinajstić information content (AvgIpc) is 2.91. The first-order valence-electron chi connectivity index (χ1n) is 9.08. The van der Waals surface area contributed by atoms with Crippen molar-refractivity contribution < 1.29 is 36.9 Å². The predicted octanol–water partition coefficient (Wildman–Crippen LogP) is 3.00. The molecule has 0 spiro atoms. The number of aliphatic carboxylic acids is 1. The molecule has 2 rings (SSSR count). The van der Waals surface area contributed by atoms with Crippen molar-refractivity contribution in [3.8, 4) is 0 Å². The lowest BCUT2D eigenvalue weighted by Crippen LogP contribution is -2.74. The zero-order valence-corrected chi connectivity index (χ0v) is 17.6. The Kier molecular flexibility index (Phi) is 5.68. The van der Waals surface area contributed by atoms with Gasteiger partial charge in [-0.25, -0.2) is 9.28 Å². The van der Waals surface area contributed by atoms with E-state index in [1.807, 2.05) is 6.92 Å². The monoisotopic (exact) mass is 414 g/mol. The molecule has 1 aromatic rings. The van der Waals surface area contributed by atoms with Gasteiger partial charge >= 0.3 is 12.1 Å². The summed E-state index contributed by atoms with van der Waals surface area (Å²) >= 11 is 0. The minimum Gasteiger partial charge on any atom is -0.477 e. The van der Waals surface area contributed by atoms with E-state index in [0.29, 0.717) is 0 Å². The number of hydrogen-bond acceptors (Lipinski definition) is 5. The van der Waals surface area contributed by atoms with E-state index in [-0.39, 0.29) is 24.3 Å². The Morgan fingerprint density at radius 2 is 1.75 bits per heavy atom. The fourth-order valence-corrected chi connectivity index (χ4v) is 5.43. The van der Waals surface area contributed by atoms with Gasteiger partial charge in [0.2, 0.25) is 5.54 Å². The number of carboxylic acids is 1. The topological polar surface area (TPSA) is 118 Å². The smallest absolute Gasteiger partial charge is 0.477 e. The zero-order valence-electron chi connectivity index (χ0n) is 16.8. The van der Waals surface area contributed by atoms with Crippen molar-refractivity contribution in [3.63, 3.8) is 0 Å². The van der Waals surface area contributed by atoms with Gasteiger partial charge in [-0.15, -0.1) is 0 Å². The molecule has 156 valence electrons. The number of amides is 1. The van der Waals surface area contributed by atoms with Crippen LogP contribution < -0.4 is 0 Å². The summed E-state index contributed by atoms with van der Waals surface area (Å²) in [6, 6.07) is 6.08. The van der Waals surface area contributed by atoms with Crippen LogP contribution in [0.5, 0.6) is 0 Å². The number of carboxylic acid groups (broad SMARTS) is 2. The Labute approximate surface area is 165 Å². The van der Waals surface area contributed by atoms with E-state index in [1.54, 1.807) is 39.8 Å². The van der Waals surface area contributed by atoms with E-state index in [2.05, 4.69) is 0 Å². The molecule has 1 aliphatic heterocycles. The number of likely N-dealkylation sites (tertiary alicyclic amines) is 1. The van der Waals surface area contributed by atoms with Crippen LogP contribution in [0.2, 0.25) is 0 Å². The maximum absolute atomic E-state index is 12.7. The van der Waals surface area contributed by atoms with E-state index in [1.165, 1.54) is 12.1 Å². The third-order valence-corrected chi connectivity index (χ3v) is 7.18. The second-order valence-electron chi connectivity index (χ2n) is 8.33. The molecule has 1 aromatic carbocycles. The molecular weight excluding hydrogens is 386 g/mol. The first-order valence-corrected chi connectivity index (χ1v) is 10.5. The van der Waals surface area contributed by atoms with Crippen molar-refractivity contribution in [1.29, 1.82) is 0 Å². The Hall–Kier alpha value is -1.97. The standard InChI is InChI=1S/C19H27NO7S/c1-6-19(16(21)22)11-14(12-20(19,17(23)24)18(3,4)5)27-28(25,26)15-9-7-13(2)8-10-15/h7-10,14H,6,11-12H2,1-5H3,(H-,21,22,23,24)/p+1/t14-,19-,20?/m0/s1. The van der Waals surface area contributed by atoms with E-state index in [0.717, 1.165) is 5.56 Å². The van der Waals surface area contributed by atoms with Crippen molar-refractivity contribution >= 4 is 22.2 Å². The van der Waals surface area contributed by atoms with Gasteiger partial charge in [-0.05, 0) is 39.8 Å². The van der Waals surface area contributed by atoms with Crippen LogP contribution >= 0.6 is 0 Å². The highest BCUT2D eigenvalue weighted by Gasteiger charge is 2.72. The number of hydrogen-bond donors (Lipinski definition) is 2. The number of quaternary nitrogens is 1. The summed E-state index contributed by atoms with van der Waals surface area (Å²) in [5.41, 5.74) is -1.81. The van der Waals surface area contributed by atoms with Gasteiger partial charge in [-0.3, -0.25) is 4.18 Å². The molecule has 0 aromatic heterocycles. The normalized spacial score (nSPS) is 28.2. The molecule has 28 heavy (non-hydrogen) atoms. The first-order chi connectivity index (χ1) is 12.7. The van der Waals surface area contributed by atoms with Gasteiger partial charge in [0.25, 0.3) is 10.1 Å². The van der Waals surface area contributed by atoms with Crippen molar-refractivity contribution in [3.05, 3.63) is 29.8 Å². The second-order valence-corrected chi connectivity index (χ2v) is 9.90. The number of aryl methyl sites for hydroxylation is 1. The number of benzene rings is 1. The van der Waals surface area contributed by atoms with Crippen LogP contribution in [-0.2, 0) is 19.1 Å². The lowest BCUT2D eigenvalue weighted by Gasteiger charge is -2.49. The summed E-state index contributed by atoms with van der Waals surface area (Å²) < 4.78 is 29.9. The van der Waals surface area contributed by atoms with Crippen LogP contribution in [0.3, 0.4) is 0 Å². The number of rotatable bonds is 5. The molecule has 0 radical (unpaired) electrons. The van der Waals surface area contributed by atoms with Crippen molar-refractivity contribution in [1.82, 2.24) is 0 Å². The largest absolute Gasteiger partial charge is 0.514 e. The zero-order chi connectivity index (χ0) is 21.5. The van der Waals surface area contributed by atoms with Gasteiger partial charge in [-0.1, -0.05) is 24.6 Å². The van der Waals surface area contributed by atoms with Gasteiger partial charge in [0.05, 0.1) is 4.90 Å². The van der Waals surface area contributed by atoms with Gasteiger partial charge < -0.3 is 10.2 Å². The predicted molar refractivity (Wildman–Crippen MR) is 101 cm³/mol. The van der Waals surface area contributed by atoms with Crippen LogP contribution in [-0.4, -0.2) is 58.9 Å². The molecule has 0 bridgehead atoms. The van der Waals surface area contributed by atoms with Gasteiger partial charge in [0.15, 0.2) is 0 Å². The summed E-state index contributed by atoms with van der Waals surface area (Å²) in [5.74, 6) is -1.27. The molecule has 9 heteroatoms. The lowest BCUT2D eigenvalue weighted by atomic mass is 9.85. The summed E-state index contributed by atoms with van der Waals surface area (Å²) in [5, 5.41) is 20.1. The number of carbonyl (C=O) groups is 2. The second kappa shape index (κ2) is 7.13. The molecule has 1 fully saturated rings. The third kappa shape index (κ3) is 3.31. The van der Waals surface area contributed by atoms with Gasteiger partial charge in [0, 0.05) is 12.8 Å². The Bertz CT molecular complexity index is 873. The molecule has 1 amide bonds. The molecule has 1 saturated heterocycles. The molecule has 1 aliphatic rings. The highest BCUT2D eigenvalue weighted by Crippen LogP contribution is 2.48. The Balaban J connectivity index is 2.51. The van der Waals surface area contributed by atoms with Crippen LogP contribution in [0.25, 0.3) is 0 Å². The molecule has 0 saturated carbocycles. The fourth-order valence-electron chi connectivity index (χ4n) is 4.36. The quantitative estimate of drug-likeness (QED) is 0.562. The summed E-state index contributed by atoms with van der Waals surface area (Å²) in [6.07, 6.45) is -2.57.